The molecule has 0 aromatic heterocycles. The van der Waals surface area contributed by atoms with E-state index in [4.69, 9.17) is 17.2 Å². The number of aryl methyl sites for hydroxylation is 2. The van der Waals surface area contributed by atoms with Crippen LogP contribution in [0.15, 0.2) is 48.5 Å². The Kier molecular flexibility index (Phi) is 10.9. The Balaban J connectivity index is 0.000000241. The molecule has 0 unspecified atom stereocenters. The van der Waals surface area contributed by atoms with Crippen LogP contribution in [-0.4, -0.2) is 3.26 Å². The van der Waals surface area contributed by atoms with Crippen LogP contribution in [0.5, 0.6) is 0 Å². The molecule has 18 heavy (non-hydrogen) atoms. The minimum atomic E-state index is -1.97. The Hall–Kier alpha value is 0.0201. The van der Waals surface area contributed by atoms with Crippen LogP contribution < -0.4 is 0 Å². The summed E-state index contributed by atoms with van der Waals surface area (Å²) < 4.78 is 1.25. The number of halogens is 2. The van der Waals surface area contributed by atoms with Gasteiger partial charge in [-0.1, -0.05) is 13.8 Å². The Morgan fingerprint density at radius 2 is 1.28 bits per heavy atom. The van der Waals surface area contributed by atoms with Crippen molar-refractivity contribution in [3.05, 3.63) is 59.7 Å². The molecule has 2 rings (SSSR count). The molecule has 0 radical (unpaired) electrons. The van der Waals surface area contributed by atoms with Gasteiger partial charge in [0, 0.05) is 0 Å². The summed E-state index contributed by atoms with van der Waals surface area (Å²) in [6.07, 6.45) is 0. The molecule has 2 aromatic carbocycles. The minimum absolute atomic E-state index is 1.25. The summed E-state index contributed by atoms with van der Waals surface area (Å²) in [4.78, 5) is 0. The van der Waals surface area contributed by atoms with Crippen LogP contribution in [0.2, 0.25) is 0 Å². The summed E-state index contributed by atoms with van der Waals surface area (Å²) in [5.74, 6) is 0. The fourth-order valence-corrected chi connectivity index (χ4v) is 0.940. The Labute approximate surface area is 125 Å². The fraction of sp³-hybridized carbons (Fsp3) is 0.267. The van der Waals surface area contributed by atoms with E-state index in [9.17, 15) is 0 Å². The maximum absolute atomic E-state index is 5.55. The molecule has 0 N–H and O–H groups in total. The third-order valence-electron chi connectivity index (χ3n) is 2.04. The number of hydrogen-bond acceptors (Lipinski definition) is 0. The van der Waals surface area contributed by atoms with Gasteiger partial charge in [-0.25, -0.2) is 23.3 Å². The molecule has 0 heterocycles. The standard InChI is InChI=1S/2C6H7.C3H6.2ClH.Hf/c2*1-6-4-2-3-5-6;1-3-2;;;/h2*2-5H,1H3;1-2H3;2*1H;/q2*-1;;;;+2/p-2. The van der Waals surface area contributed by atoms with Crippen LogP contribution in [-0.2, 0) is 18.6 Å². The van der Waals surface area contributed by atoms with Gasteiger partial charge in [-0.2, -0.15) is 36.4 Å². The molecule has 0 amide bonds. The topological polar surface area (TPSA) is 0 Å². The summed E-state index contributed by atoms with van der Waals surface area (Å²) in [7, 11) is 11.1. The predicted molar refractivity (Wildman–Crippen MR) is 81.6 cm³/mol. The first kappa shape index (κ1) is 18.0. The van der Waals surface area contributed by atoms with E-state index in [0.29, 0.717) is 0 Å². The van der Waals surface area contributed by atoms with Crippen molar-refractivity contribution in [1.29, 1.82) is 0 Å². The molecule has 0 fully saturated rings. The molecule has 0 aliphatic rings. The second-order valence-corrected chi connectivity index (χ2v) is 17.4. The molecule has 3 heteroatoms. The molecule has 0 aliphatic heterocycles. The summed E-state index contributed by atoms with van der Waals surface area (Å²) in [5, 5.41) is 0. The summed E-state index contributed by atoms with van der Waals surface area (Å²) in [6, 6.07) is 16.5. The number of hydrogen-bond donors (Lipinski definition) is 0. The molecule has 0 spiro atoms. The Bertz CT molecular complexity index is 375. The van der Waals surface area contributed by atoms with Gasteiger partial charge in [-0.3, -0.25) is 0 Å². The molecular formula is C15H20Cl2Hf-2. The second-order valence-electron chi connectivity index (χ2n) is 4.18. The van der Waals surface area contributed by atoms with Crippen LogP contribution in [0.1, 0.15) is 25.0 Å². The third-order valence-corrected chi connectivity index (χ3v) is 10.9. The molecule has 2 aromatic rings. The van der Waals surface area contributed by atoms with Crippen LogP contribution in [0.4, 0.5) is 0 Å². The first-order valence-corrected chi connectivity index (χ1v) is 16.5. The van der Waals surface area contributed by atoms with Gasteiger partial charge in [0.2, 0.25) is 0 Å². The Morgan fingerprint density at radius 3 is 1.33 bits per heavy atom. The SMILES string of the molecule is C[C](C)=[Hf]([Cl])[Cl].Cc1cc[cH-]c1.Cc1cc[cH-]c1. The van der Waals surface area contributed by atoms with Gasteiger partial charge in [-0.15, -0.1) is 0 Å². The van der Waals surface area contributed by atoms with Crippen molar-refractivity contribution < 1.29 is 18.6 Å². The van der Waals surface area contributed by atoms with Gasteiger partial charge in [0.15, 0.2) is 0 Å². The van der Waals surface area contributed by atoms with E-state index in [2.05, 4.69) is 38.1 Å². The van der Waals surface area contributed by atoms with Gasteiger partial charge < -0.3 is 0 Å². The fourth-order valence-electron chi connectivity index (χ4n) is 0.940. The summed E-state index contributed by atoms with van der Waals surface area (Å²) in [6.45, 7) is 8.14. The Morgan fingerprint density at radius 1 is 0.944 bits per heavy atom. The minimum Gasteiger partial charge on any atom is -0.211 e. The van der Waals surface area contributed by atoms with E-state index in [0.717, 1.165) is 0 Å². The van der Waals surface area contributed by atoms with Crippen molar-refractivity contribution in [2.75, 3.05) is 0 Å². The van der Waals surface area contributed by atoms with Crippen LogP contribution in [0.25, 0.3) is 0 Å². The molecule has 0 atom stereocenters. The average molecular weight is 450 g/mol. The maximum Gasteiger partial charge on any atom is -0.0961 e. The second kappa shape index (κ2) is 10.9. The van der Waals surface area contributed by atoms with Crippen molar-refractivity contribution in [3.8, 4) is 0 Å². The van der Waals surface area contributed by atoms with E-state index in [1.165, 1.54) is 14.4 Å². The van der Waals surface area contributed by atoms with E-state index < -0.39 is 18.6 Å². The maximum atomic E-state index is 5.55. The van der Waals surface area contributed by atoms with Crippen LogP contribution in [0, 0.1) is 13.8 Å². The zero-order chi connectivity index (χ0) is 14.0. The predicted octanol–water partition coefficient (Wildman–Crippen LogP) is 5.55. The molecule has 100 valence electrons. The molecule has 0 saturated carbocycles. The molecule has 0 nitrogen and oxygen atoms in total. The van der Waals surface area contributed by atoms with Crippen molar-refractivity contribution in [2.45, 2.75) is 27.7 Å². The van der Waals surface area contributed by atoms with Gasteiger partial charge in [-0.05, 0) is 0 Å². The van der Waals surface area contributed by atoms with Crippen molar-refractivity contribution >= 4 is 20.4 Å². The van der Waals surface area contributed by atoms with E-state index in [1.54, 1.807) is 0 Å². The molecule has 0 aliphatic carbocycles. The van der Waals surface area contributed by atoms with Crippen LogP contribution >= 0.6 is 17.2 Å². The van der Waals surface area contributed by atoms with Gasteiger partial charge in [0.25, 0.3) is 0 Å². The van der Waals surface area contributed by atoms with Gasteiger partial charge in [0.1, 0.15) is 0 Å². The third kappa shape index (κ3) is 11.1. The number of rotatable bonds is 0. The molecule has 0 bridgehead atoms. The first-order chi connectivity index (χ1) is 8.43. The van der Waals surface area contributed by atoms with E-state index in [-0.39, 0.29) is 0 Å². The quantitative estimate of drug-likeness (QED) is 0.365. The molecular weight excluding hydrogens is 430 g/mol. The summed E-state index contributed by atoms with van der Waals surface area (Å²) in [5.41, 5.74) is 2.69. The van der Waals surface area contributed by atoms with E-state index >= 15 is 0 Å². The summed E-state index contributed by atoms with van der Waals surface area (Å²) >= 11 is -1.97. The zero-order valence-corrected chi connectivity index (χ0v) is 16.5. The first-order valence-electron chi connectivity index (χ1n) is 5.78. The van der Waals surface area contributed by atoms with Crippen LogP contribution in [0.3, 0.4) is 0 Å². The van der Waals surface area contributed by atoms with E-state index in [1.807, 2.05) is 38.1 Å². The average Bonchev–Trinajstić information content (AvgIpc) is 2.93. The zero-order valence-electron chi connectivity index (χ0n) is 11.4. The molecule has 0 saturated heterocycles. The van der Waals surface area contributed by atoms with Crippen molar-refractivity contribution in [2.24, 2.45) is 0 Å². The monoisotopic (exact) mass is 450 g/mol. The van der Waals surface area contributed by atoms with Gasteiger partial charge >= 0.3 is 52.8 Å². The smallest absolute Gasteiger partial charge is 0.0961 e. The van der Waals surface area contributed by atoms with Crippen molar-refractivity contribution in [1.82, 2.24) is 0 Å². The van der Waals surface area contributed by atoms with Gasteiger partial charge in [0.05, 0.1) is 0 Å². The largest absolute Gasteiger partial charge is 0.211 e. The van der Waals surface area contributed by atoms with Crippen molar-refractivity contribution in [3.63, 3.8) is 0 Å². The normalized spacial score (nSPS) is 8.56.